The van der Waals surface area contributed by atoms with E-state index in [1.807, 2.05) is 18.2 Å². The molecule has 4 rings (SSSR count). The van der Waals surface area contributed by atoms with Crippen molar-refractivity contribution in [3.63, 3.8) is 0 Å². The minimum absolute atomic E-state index is 0.158. The van der Waals surface area contributed by atoms with Crippen molar-refractivity contribution >= 4 is 35.2 Å². The first-order valence-corrected chi connectivity index (χ1v) is 15.5. The van der Waals surface area contributed by atoms with Crippen LogP contribution in [0, 0.1) is 11.8 Å². The summed E-state index contributed by atoms with van der Waals surface area (Å²) in [5.41, 5.74) is 4.32. The summed E-state index contributed by atoms with van der Waals surface area (Å²) in [5, 5.41) is 0.561. The summed E-state index contributed by atoms with van der Waals surface area (Å²) in [6.07, 6.45) is 5.72. The molecule has 0 saturated carbocycles. The lowest BCUT2D eigenvalue weighted by Crippen LogP contribution is -2.35. The largest absolute Gasteiger partial charge is 0.472 e. The molecule has 0 radical (unpaired) electrons. The third kappa shape index (κ3) is 9.37. The van der Waals surface area contributed by atoms with E-state index in [4.69, 9.17) is 27.1 Å². The van der Waals surface area contributed by atoms with E-state index >= 15 is 0 Å². The highest BCUT2D eigenvalue weighted by Crippen LogP contribution is 2.39. The predicted octanol–water partition coefficient (Wildman–Crippen LogP) is 8.58. The average molecular weight is 633 g/mol. The number of hydrogen-bond acceptors (Lipinski definition) is 6. The zero-order valence-corrected chi connectivity index (χ0v) is 25.6. The van der Waals surface area contributed by atoms with Crippen molar-refractivity contribution in [2.45, 2.75) is 68.0 Å². The number of piperidine rings is 1. The Labute approximate surface area is 259 Å². The summed E-state index contributed by atoms with van der Waals surface area (Å²) in [5.74, 6) is 0.837. The van der Waals surface area contributed by atoms with Crippen LogP contribution in [0.15, 0.2) is 71.1 Å². The number of alkyl halides is 3. The number of carbonyl (C=O) groups is 1. The molecule has 0 bridgehead atoms. The molecule has 1 saturated heterocycles. The number of nitrogens with two attached hydrogens (primary N) is 1. The van der Waals surface area contributed by atoms with Gasteiger partial charge in [-0.3, -0.25) is 4.79 Å². The van der Waals surface area contributed by atoms with Crippen LogP contribution in [-0.2, 0) is 12.8 Å². The number of nitrogens with zero attached hydrogens (tertiary/aromatic N) is 3. The molecule has 6 nitrogen and oxygen atoms in total. The summed E-state index contributed by atoms with van der Waals surface area (Å²) in [7, 11) is 0. The van der Waals surface area contributed by atoms with Crippen LogP contribution in [0.2, 0.25) is 5.02 Å². The molecule has 43 heavy (non-hydrogen) atoms. The number of anilines is 1. The number of ether oxygens (including phenoxy) is 1. The number of aromatic nitrogens is 2. The van der Waals surface area contributed by atoms with Gasteiger partial charge in [0.25, 0.3) is 0 Å². The fourth-order valence-corrected chi connectivity index (χ4v) is 6.13. The fourth-order valence-electron chi connectivity index (χ4n) is 5.05. The molecule has 1 amide bonds. The van der Waals surface area contributed by atoms with E-state index in [-0.39, 0.29) is 17.4 Å². The first kappa shape index (κ1) is 32.7. The van der Waals surface area contributed by atoms with Gasteiger partial charge in [0.1, 0.15) is 6.61 Å². The molecule has 1 atom stereocenters. The predicted molar refractivity (Wildman–Crippen MR) is 165 cm³/mol. The molecule has 230 valence electrons. The normalized spacial score (nSPS) is 14.9. The Morgan fingerprint density at radius 3 is 2.67 bits per heavy atom. The van der Waals surface area contributed by atoms with Gasteiger partial charge < -0.3 is 15.4 Å². The van der Waals surface area contributed by atoms with E-state index in [0.29, 0.717) is 27.7 Å². The Morgan fingerprint density at radius 2 is 2.00 bits per heavy atom. The molecular formula is C32H36ClF3N4O2S. The van der Waals surface area contributed by atoms with Gasteiger partial charge in [-0.2, -0.15) is 18.2 Å². The van der Waals surface area contributed by atoms with Crippen LogP contribution >= 0.6 is 23.4 Å². The molecule has 1 unspecified atom stereocenters. The van der Waals surface area contributed by atoms with Crippen molar-refractivity contribution < 1.29 is 22.7 Å². The smallest absolute Gasteiger partial charge is 0.417 e. The van der Waals surface area contributed by atoms with Crippen LogP contribution in [0.4, 0.5) is 19.1 Å². The molecule has 1 fully saturated rings. The molecular weight excluding hydrogens is 597 g/mol. The number of amides is 1. The van der Waals surface area contributed by atoms with E-state index in [1.54, 1.807) is 18.3 Å². The monoisotopic (exact) mass is 632 g/mol. The SMILES string of the molecule is C=CC(C)CCCCC1CCN(c2ncc(Sc3ccc(C(N)=O)c(C(F)(F)F)c3)c(OCc3cccc(Cl)c3)n2)CC1. The number of allylic oxidation sites excluding steroid dienone is 1. The standard InChI is InChI=1S/C32H36ClF3N4O2S/c1-3-21(2)7-4-5-8-22-13-15-40(16-14-22)31-38-19-28(30(39-31)42-20-23-9-6-10-24(33)17-23)43-25-11-12-26(29(37)41)27(18-25)32(34,35)36/h3,6,9-12,17-19,21-22H,1,4-5,7-8,13-16,20H2,2H3,(H2,37,41). The van der Waals surface area contributed by atoms with Gasteiger partial charge in [-0.1, -0.05) is 67.8 Å². The van der Waals surface area contributed by atoms with Gasteiger partial charge >= 0.3 is 6.18 Å². The zero-order valence-electron chi connectivity index (χ0n) is 24.1. The van der Waals surface area contributed by atoms with E-state index < -0.39 is 23.2 Å². The Morgan fingerprint density at radius 1 is 1.23 bits per heavy atom. The van der Waals surface area contributed by atoms with E-state index in [9.17, 15) is 18.0 Å². The maximum absolute atomic E-state index is 13.7. The first-order chi connectivity index (χ1) is 20.5. The van der Waals surface area contributed by atoms with Crippen LogP contribution in [0.5, 0.6) is 5.88 Å². The highest BCUT2D eigenvalue weighted by molar-refractivity contribution is 7.99. The quantitative estimate of drug-likeness (QED) is 0.150. The van der Waals surface area contributed by atoms with Gasteiger partial charge in [0.05, 0.1) is 22.2 Å². The van der Waals surface area contributed by atoms with Gasteiger partial charge in [0.15, 0.2) is 0 Å². The fraction of sp³-hybridized carbons (Fsp3) is 0.406. The Bertz CT molecular complexity index is 1410. The summed E-state index contributed by atoms with van der Waals surface area (Å²) in [6.45, 7) is 7.85. The molecule has 0 aliphatic carbocycles. The molecule has 1 aromatic heterocycles. The van der Waals surface area contributed by atoms with Crippen molar-refractivity contribution in [2.24, 2.45) is 17.6 Å². The molecule has 2 aromatic carbocycles. The number of halogens is 4. The molecule has 11 heteroatoms. The first-order valence-electron chi connectivity index (χ1n) is 14.3. The van der Waals surface area contributed by atoms with Gasteiger partial charge in [-0.25, -0.2) is 4.98 Å². The lowest BCUT2D eigenvalue weighted by Gasteiger charge is -2.32. The highest BCUT2D eigenvalue weighted by Gasteiger charge is 2.35. The number of primary amides is 1. The van der Waals surface area contributed by atoms with Crippen LogP contribution in [0.1, 0.15) is 66.9 Å². The second-order valence-corrected chi connectivity index (χ2v) is 12.4. The Kier molecular flexibility index (Phi) is 11.4. The molecule has 1 aliphatic rings. The van der Waals surface area contributed by atoms with E-state index in [1.165, 1.54) is 31.7 Å². The lowest BCUT2D eigenvalue weighted by atomic mass is 9.90. The second kappa shape index (κ2) is 15.0. The molecule has 2 N–H and O–H groups in total. The maximum Gasteiger partial charge on any atom is 0.417 e. The van der Waals surface area contributed by atoms with Crippen molar-refractivity contribution in [3.05, 3.63) is 83.0 Å². The summed E-state index contributed by atoms with van der Waals surface area (Å²) >= 11 is 7.15. The number of rotatable bonds is 13. The Hall–Kier alpha value is -3.24. The third-order valence-electron chi connectivity index (χ3n) is 7.59. The molecule has 3 aromatic rings. The van der Waals surface area contributed by atoms with E-state index in [0.717, 1.165) is 55.4 Å². The molecule has 0 spiro atoms. The minimum atomic E-state index is -4.75. The van der Waals surface area contributed by atoms with Crippen molar-refractivity contribution in [3.8, 4) is 5.88 Å². The van der Waals surface area contributed by atoms with Crippen LogP contribution < -0.4 is 15.4 Å². The van der Waals surface area contributed by atoms with Gasteiger partial charge in [-0.15, -0.1) is 6.58 Å². The van der Waals surface area contributed by atoms with Gasteiger partial charge in [0, 0.05) is 23.0 Å². The summed E-state index contributed by atoms with van der Waals surface area (Å²) in [4.78, 5) is 23.7. The van der Waals surface area contributed by atoms with E-state index in [2.05, 4.69) is 23.4 Å². The van der Waals surface area contributed by atoms with Crippen LogP contribution in [-0.4, -0.2) is 29.0 Å². The number of carbonyl (C=O) groups excluding carboxylic acids is 1. The van der Waals surface area contributed by atoms with Crippen LogP contribution in [0.3, 0.4) is 0 Å². The summed E-state index contributed by atoms with van der Waals surface area (Å²) < 4.78 is 47.1. The molecule has 1 aliphatic heterocycles. The average Bonchev–Trinajstić information content (AvgIpc) is 2.98. The number of hydrogen-bond donors (Lipinski definition) is 1. The summed E-state index contributed by atoms with van der Waals surface area (Å²) in [6, 6.07) is 10.6. The van der Waals surface area contributed by atoms with Crippen molar-refractivity contribution in [2.75, 3.05) is 18.0 Å². The number of benzene rings is 2. The van der Waals surface area contributed by atoms with Gasteiger partial charge in [0.2, 0.25) is 17.7 Å². The molecule has 2 heterocycles. The van der Waals surface area contributed by atoms with Crippen molar-refractivity contribution in [1.82, 2.24) is 9.97 Å². The zero-order chi connectivity index (χ0) is 31.0. The Balaban J connectivity index is 1.51. The number of unbranched alkanes of at least 4 members (excludes halogenated alkanes) is 1. The van der Waals surface area contributed by atoms with Crippen molar-refractivity contribution in [1.29, 1.82) is 0 Å². The van der Waals surface area contributed by atoms with Crippen LogP contribution in [0.25, 0.3) is 0 Å². The lowest BCUT2D eigenvalue weighted by molar-refractivity contribution is -0.138. The third-order valence-corrected chi connectivity index (χ3v) is 8.81. The highest BCUT2D eigenvalue weighted by atomic mass is 35.5. The second-order valence-electron chi connectivity index (χ2n) is 10.9. The minimum Gasteiger partial charge on any atom is -0.472 e. The topological polar surface area (TPSA) is 81.3 Å². The maximum atomic E-state index is 13.7. The van der Waals surface area contributed by atoms with Gasteiger partial charge in [-0.05, 0) is 67.0 Å².